The van der Waals surface area contributed by atoms with Crippen molar-refractivity contribution in [1.82, 2.24) is 10.2 Å². The van der Waals surface area contributed by atoms with Crippen LogP contribution in [0.1, 0.15) is 26.7 Å². The van der Waals surface area contributed by atoms with Crippen LogP contribution in [0.3, 0.4) is 0 Å². The van der Waals surface area contributed by atoms with Gasteiger partial charge >= 0.3 is 0 Å². The van der Waals surface area contributed by atoms with Crippen LogP contribution in [0.15, 0.2) is 0 Å². The lowest BCUT2D eigenvalue weighted by atomic mass is 10.1. The van der Waals surface area contributed by atoms with Crippen molar-refractivity contribution < 1.29 is 9.47 Å². The molecule has 0 amide bonds. The predicted molar refractivity (Wildman–Crippen MR) is 70.4 cm³/mol. The van der Waals surface area contributed by atoms with E-state index < -0.39 is 0 Å². The SMILES string of the molecule is COCC(CNC(C)C)N(C)C1CCOCC1. The Kier molecular flexibility index (Phi) is 7.04. The van der Waals surface area contributed by atoms with E-state index in [0.717, 1.165) is 39.2 Å². The van der Waals surface area contributed by atoms with Crippen LogP contribution in [0.4, 0.5) is 0 Å². The number of hydrogen-bond donors (Lipinski definition) is 1. The third-order valence-electron chi connectivity index (χ3n) is 3.46. The van der Waals surface area contributed by atoms with E-state index in [1.54, 1.807) is 7.11 Å². The summed E-state index contributed by atoms with van der Waals surface area (Å²) in [7, 11) is 3.99. The Morgan fingerprint density at radius 1 is 1.35 bits per heavy atom. The van der Waals surface area contributed by atoms with Gasteiger partial charge in [-0.3, -0.25) is 4.90 Å². The van der Waals surface area contributed by atoms with Crippen LogP contribution in [0, 0.1) is 0 Å². The van der Waals surface area contributed by atoms with Crippen molar-refractivity contribution in [2.75, 3.05) is 40.5 Å². The Hall–Kier alpha value is -0.160. The van der Waals surface area contributed by atoms with Crippen LogP contribution < -0.4 is 5.32 Å². The van der Waals surface area contributed by atoms with Gasteiger partial charge in [0.2, 0.25) is 0 Å². The van der Waals surface area contributed by atoms with Crippen molar-refractivity contribution in [2.45, 2.75) is 44.8 Å². The van der Waals surface area contributed by atoms with Gasteiger partial charge in [-0.1, -0.05) is 13.8 Å². The lowest BCUT2D eigenvalue weighted by Gasteiger charge is -2.37. The van der Waals surface area contributed by atoms with Crippen molar-refractivity contribution in [3.8, 4) is 0 Å². The van der Waals surface area contributed by atoms with Gasteiger partial charge in [0.1, 0.15) is 0 Å². The molecule has 1 saturated heterocycles. The second-order valence-corrected chi connectivity index (χ2v) is 5.18. The summed E-state index contributed by atoms with van der Waals surface area (Å²) in [4.78, 5) is 2.46. The van der Waals surface area contributed by atoms with Crippen LogP contribution in [-0.4, -0.2) is 63.5 Å². The largest absolute Gasteiger partial charge is 0.383 e. The van der Waals surface area contributed by atoms with Gasteiger partial charge in [-0.25, -0.2) is 0 Å². The molecule has 1 heterocycles. The summed E-state index contributed by atoms with van der Waals surface area (Å²) in [5.74, 6) is 0. The van der Waals surface area contributed by atoms with E-state index in [9.17, 15) is 0 Å². The summed E-state index contributed by atoms with van der Waals surface area (Å²) in [5.41, 5.74) is 0. The number of methoxy groups -OCH3 is 1. The minimum absolute atomic E-state index is 0.450. The molecule has 0 saturated carbocycles. The average molecular weight is 244 g/mol. The van der Waals surface area contributed by atoms with Crippen LogP contribution in [-0.2, 0) is 9.47 Å². The van der Waals surface area contributed by atoms with Crippen LogP contribution in [0.2, 0.25) is 0 Å². The van der Waals surface area contributed by atoms with E-state index in [4.69, 9.17) is 9.47 Å². The summed E-state index contributed by atoms with van der Waals surface area (Å²) >= 11 is 0. The number of nitrogens with zero attached hydrogens (tertiary/aromatic N) is 1. The first-order valence-electron chi connectivity index (χ1n) is 6.67. The van der Waals surface area contributed by atoms with E-state index in [1.165, 1.54) is 0 Å². The van der Waals surface area contributed by atoms with Crippen LogP contribution in [0.5, 0.6) is 0 Å². The molecule has 0 aliphatic carbocycles. The minimum atomic E-state index is 0.450. The molecule has 102 valence electrons. The van der Waals surface area contributed by atoms with Gasteiger partial charge in [0.25, 0.3) is 0 Å². The zero-order valence-corrected chi connectivity index (χ0v) is 11.7. The summed E-state index contributed by atoms with van der Waals surface area (Å²) < 4.78 is 10.7. The van der Waals surface area contributed by atoms with Crippen molar-refractivity contribution in [1.29, 1.82) is 0 Å². The van der Waals surface area contributed by atoms with E-state index in [1.807, 2.05) is 0 Å². The molecule has 1 atom stereocenters. The smallest absolute Gasteiger partial charge is 0.0630 e. The fourth-order valence-electron chi connectivity index (χ4n) is 2.28. The predicted octanol–water partition coefficient (Wildman–Crippen LogP) is 1.11. The first-order chi connectivity index (χ1) is 8.15. The highest BCUT2D eigenvalue weighted by Gasteiger charge is 2.24. The maximum atomic E-state index is 5.41. The topological polar surface area (TPSA) is 33.7 Å². The summed E-state index contributed by atoms with van der Waals surface area (Å²) in [6.07, 6.45) is 2.27. The Bertz CT molecular complexity index is 194. The number of ether oxygens (including phenoxy) is 2. The van der Waals surface area contributed by atoms with Gasteiger partial charge in [-0.15, -0.1) is 0 Å². The highest BCUT2D eigenvalue weighted by atomic mass is 16.5. The van der Waals surface area contributed by atoms with Gasteiger partial charge in [0.15, 0.2) is 0 Å². The van der Waals surface area contributed by atoms with E-state index >= 15 is 0 Å². The van der Waals surface area contributed by atoms with Gasteiger partial charge in [0.05, 0.1) is 6.61 Å². The molecule has 0 aromatic rings. The normalized spacial score (nSPS) is 20.1. The van der Waals surface area contributed by atoms with Gasteiger partial charge in [-0.05, 0) is 19.9 Å². The zero-order chi connectivity index (χ0) is 12.7. The fourth-order valence-corrected chi connectivity index (χ4v) is 2.28. The summed E-state index contributed by atoms with van der Waals surface area (Å²) in [5, 5.41) is 3.50. The Morgan fingerprint density at radius 2 is 2.00 bits per heavy atom. The van der Waals surface area contributed by atoms with E-state index in [0.29, 0.717) is 18.1 Å². The molecule has 0 bridgehead atoms. The van der Waals surface area contributed by atoms with Crippen molar-refractivity contribution >= 4 is 0 Å². The Morgan fingerprint density at radius 3 is 2.53 bits per heavy atom. The molecule has 1 fully saturated rings. The van der Waals surface area contributed by atoms with Crippen molar-refractivity contribution in [2.24, 2.45) is 0 Å². The standard InChI is InChI=1S/C13H28N2O2/c1-11(2)14-9-13(10-16-4)15(3)12-5-7-17-8-6-12/h11-14H,5-10H2,1-4H3. The maximum Gasteiger partial charge on any atom is 0.0630 e. The molecule has 1 aliphatic heterocycles. The lowest BCUT2D eigenvalue weighted by molar-refractivity contribution is 0.0110. The number of hydrogen-bond acceptors (Lipinski definition) is 4. The number of rotatable bonds is 7. The summed E-state index contributed by atoms with van der Waals surface area (Å²) in [6.45, 7) is 7.92. The second-order valence-electron chi connectivity index (χ2n) is 5.18. The van der Waals surface area contributed by atoms with Crippen LogP contribution in [0.25, 0.3) is 0 Å². The first kappa shape index (κ1) is 14.9. The Balaban J connectivity index is 2.42. The molecule has 0 aromatic heterocycles. The summed E-state index contributed by atoms with van der Waals surface area (Å²) in [6, 6.07) is 1.61. The van der Waals surface area contributed by atoms with Crippen molar-refractivity contribution in [3.63, 3.8) is 0 Å². The van der Waals surface area contributed by atoms with Crippen LogP contribution >= 0.6 is 0 Å². The molecule has 0 spiro atoms. The molecule has 1 aliphatic rings. The molecule has 0 radical (unpaired) electrons. The molecular weight excluding hydrogens is 216 g/mol. The van der Waals surface area contributed by atoms with Gasteiger partial charge in [0, 0.05) is 45.0 Å². The van der Waals surface area contributed by atoms with Crippen molar-refractivity contribution in [3.05, 3.63) is 0 Å². The fraction of sp³-hybridized carbons (Fsp3) is 1.00. The molecule has 4 nitrogen and oxygen atoms in total. The zero-order valence-electron chi connectivity index (χ0n) is 11.7. The monoisotopic (exact) mass is 244 g/mol. The molecule has 1 N–H and O–H groups in total. The molecular formula is C13H28N2O2. The molecule has 0 aromatic carbocycles. The first-order valence-corrected chi connectivity index (χ1v) is 6.67. The minimum Gasteiger partial charge on any atom is -0.383 e. The Labute approximate surface area is 106 Å². The van der Waals surface area contributed by atoms with E-state index in [-0.39, 0.29) is 0 Å². The van der Waals surface area contributed by atoms with Gasteiger partial charge in [-0.2, -0.15) is 0 Å². The van der Waals surface area contributed by atoms with Gasteiger partial charge < -0.3 is 14.8 Å². The number of likely N-dealkylation sites (N-methyl/N-ethyl adjacent to an activating group) is 1. The third-order valence-corrected chi connectivity index (χ3v) is 3.46. The number of nitrogens with one attached hydrogen (secondary N) is 1. The lowest BCUT2D eigenvalue weighted by Crippen LogP contribution is -2.50. The molecule has 1 unspecified atom stereocenters. The molecule has 17 heavy (non-hydrogen) atoms. The highest BCUT2D eigenvalue weighted by Crippen LogP contribution is 2.15. The highest BCUT2D eigenvalue weighted by molar-refractivity contribution is 4.80. The third kappa shape index (κ3) is 5.34. The molecule has 4 heteroatoms. The quantitative estimate of drug-likeness (QED) is 0.727. The average Bonchev–Trinajstić information content (AvgIpc) is 2.34. The van der Waals surface area contributed by atoms with E-state index in [2.05, 4.69) is 31.1 Å². The molecule has 1 rings (SSSR count). The second kappa shape index (κ2) is 8.03. The maximum absolute atomic E-state index is 5.41.